The number of hydrogen-bond acceptors (Lipinski definition) is 4. The third-order valence-electron chi connectivity index (χ3n) is 2.42. The van der Waals surface area contributed by atoms with Gasteiger partial charge >= 0.3 is 12.1 Å². The van der Waals surface area contributed by atoms with Crippen molar-refractivity contribution >= 4 is 17.7 Å². The standard InChI is InChI=1S/C14H17NO5/c1-4-7-19-14(18)15-11-6-5-9(2)12(8-11)20-10(3)13(16)17/h4-6,8,10H,1,7H2,2-3H3,(H,15,18)(H,16,17). The van der Waals surface area contributed by atoms with Gasteiger partial charge in [-0.3, -0.25) is 5.32 Å². The van der Waals surface area contributed by atoms with Gasteiger partial charge in [-0.05, 0) is 25.5 Å². The molecular formula is C14H17NO5. The van der Waals surface area contributed by atoms with Gasteiger partial charge in [-0.2, -0.15) is 0 Å². The van der Waals surface area contributed by atoms with Gasteiger partial charge in [0.2, 0.25) is 0 Å². The maximum Gasteiger partial charge on any atom is 0.411 e. The zero-order valence-electron chi connectivity index (χ0n) is 11.4. The van der Waals surface area contributed by atoms with E-state index in [-0.39, 0.29) is 6.61 Å². The molecule has 0 aliphatic carbocycles. The lowest BCUT2D eigenvalue weighted by molar-refractivity contribution is -0.144. The molecule has 0 saturated carbocycles. The van der Waals surface area contributed by atoms with Crippen LogP contribution in [0.5, 0.6) is 5.75 Å². The fraction of sp³-hybridized carbons (Fsp3) is 0.286. The van der Waals surface area contributed by atoms with Crippen LogP contribution in [0.4, 0.5) is 10.5 Å². The number of carbonyl (C=O) groups is 2. The molecule has 0 bridgehead atoms. The lowest BCUT2D eigenvalue weighted by Crippen LogP contribution is -2.23. The molecule has 0 aromatic heterocycles. The van der Waals surface area contributed by atoms with Gasteiger partial charge in [-0.1, -0.05) is 18.7 Å². The Hall–Kier alpha value is -2.50. The lowest BCUT2D eigenvalue weighted by atomic mass is 10.2. The minimum absolute atomic E-state index is 0.108. The summed E-state index contributed by atoms with van der Waals surface area (Å²) in [5.41, 5.74) is 1.22. The zero-order valence-corrected chi connectivity index (χ0v) is 11.4. The Labute approximate surface area is 117 Å². The van der Waals surface area contributed by atoms with E-state index in [4.69, 9.17) is 14.6 Å². The van der Waals surface area contributed by atoms with Crippen molar-refractivity contribution in [1.29, 1.82) is 0 Å². The first-order chi connectivity index (χ1) is 9.43. The number of benzene rings is 1. The molecule has 108 valence electrons. The molecule has 1 amide bonds. The molecule has 6 heteroatoms. The van der Waals surface area contributed by atoms with Crippen LogP contribution in [0.25, 0.3) is 0 Å². The van der Waals surface area contributed by atoms with Gasteiger partial charge in [0, 0.05) is 11.8 Å². The number of aryl methyl sites for hydroxylation is 1. The molecule has 1 rings (SSSR count). The van der Waals surface area contributed by atoms with Crippen LogP contribution in [0, 0.1) is 6.92 Å². The number of hydrogen-bond donors (Lipinski definition) is 2. The average molecular weight is 279 g/mol. The molecule has 0 fully saturated rings. The topological polar surface area (TPSA) is 84.9 Å². The number of nitrogens with one attached hydrogen (secondary N) is 1. The Morgan fingerprint density at radius 3 is 2.80 bits per heavy atom. The second-order valence-electron chi connectivity index (χ2n) is 4.09. The highest BCUT2D eigenvalue weighted by Gasteiger charge is 2.14. The van der Waals surface area contributed by atoms with E-state index in [0.717, 1.165) is 5.56 Å². The molecule has 1 atom stereocenters. The maximum atomic E-state index is 11.4. The van der Waals surface area contributed by atoms with Crippen molar-refractivity contribution in [2.45, 2.75) is 20.0 Å². The maximum absolute atomic E-state index is 11.4. The molecule has 0 radical (unpaired) electrons. The van der Waals surface area contributed by atoms with E-state index in [9.17, 15) is 9.59 Å². The highest BCUT2D eigenvalue weighted by Crippen LogP contribution is 2.24. The third-order valence-corrected chi connectivity index (χ3v) is 2.42. The van der Waals surface area contributed by atoms with Gasteiger partial charge in [-0.25, -0.2) is 9.59 Å². The van der Waals surface area contributed by atoms with Crippen molar-refractivity contribution in [2.75, 3.05) is 11.9 Å². The van der Waals surface area contributed by atoms with E-state index in [2.05, 4.69) is 11.9 Å². The molecule has 0 heterocycles. The molecule has 0 saturated heterocycles. The Morgan fingerprint density at radius 1 is 1.50 bits per heavy atom. The second kappa shape index (κ2) is 7.18. The largest absolute Gasteiger partial charge is 0.479 e. The van der Waals surface area contributed by atoms with Crippen LogP contribution in [0.1, 0.15) is 12.5 Å². The number of anilines is 1. The van der Waals surface area contributed by atoms with Crippen molar-refractivity contribution in [3.8, 4) is 5.75 Å². The van der Waals surface area contributed by atoms with Crippen LogP contribution in [0.15, 0.2) is 30.9 Å². The molecule has 1 aromatic carbocycles. The number of carboxylic acid groups (broad SMARTS) is 1. The molecule has 0 spiro atoms. The smallest absolute Gasteiger partial charge is 0.411 e. The summed E-state index contributed by atoms with van der Waals surface area (Å²) in [5.74, 6) is -0.672. The molecule has 2 N–H and O–H groups in total. The molecule has 0 aliphatic rings. The van der Waals surface area contributed by atoms with Crippen LogP contribution in [0.3, 0.4) is 0 Å². The van der Waals surface area contributed by atoms with Gasteiger partial charge < -0.3 is 14.6 Å². The normalized spacial score (nSPS) is 11.3. The minimum atomic E-state index is -1.06. The number of rotatable bonds is 6. The highest BCUT2D eigenvalue weighted by molar-refractivity contribution is 5.85. The third kappa shape index (κ3) is 4.64. The van der Waals surface area contributed by atoms with E-state index >= 15 is 0 Å². The Bertz CT molecular complexity index is 512. The van der Waals surface area contributed by atoms with Crippen LogP contribution in [-0.2, 0) is 9.53 Å². The first-order valence-electron chi connectivity index (χ1n) is 5.99. The van der Waals surface area contributed by atoms with Gasteiger partial charge in [0.1, 0.15) is 12.4 Å². The first kappa shape index (κ1) is 15.6. The quantitative estimate of drug-likeness (QED) is 0.782. The number of amides is 1. The van der Waals surface area contributed by atoms with Crippen LogP contribution in [-0.4, -0.2) is 29.9 Å². The minimum Gasteiger partial charge on any atom is -0.479 e. The van der Waals surface area contributed by atoms with Crippen molar-refractivity contribution < 1.29 is 24.2 Å². The predicted octanol–water partition coefficient (Wildman–Crippen LogP) is 2.58. The summed E-state index contributed by atoms with van der Waals surface area (Å²) in [6.07, 6.45) is -0.139. The van der Waals surface area contributed by atoms with E-state index < -0.39 is 18.2 Å². The van der Waals surface area contributed by atoms with E-state index in [0.29, 0.717) is 11.4 Å². The summed E-state index contributed by atoms with van der Waals surface area (Å²) in [6.45, 7) is 6.75. The predicted molar refractivity (Wildman–Crippen MR) is 74.1 cm³/mol. The average Bonchev–Trinajstić information content (AvgIpc) is 2.40. The van der Waals surface area contributed by atoms with Crippen molar-refractivity contribution in [2.24, 2.45) is 0 Å². The lowest BCUT2D eigenvalue weighted by Gasteiger charge is -2.14. The highest BCUT2D eigenvalue weighted by atomic mass is 16.5. The number of aliphatic carboxylic acids is 1. The van der Waals surface area contributed by atoms with Crippen LogP contribution < -0.4 is 10.1 Å². The Morgan fingerprint density at radius 2 is 2.20 bits per heavy atom. The fourth-order valence-electron chi connectivity index (χ4n) is 1.33. The van der Waals surface area contributed by atoms with Gasteiger partial charge in [0.15, 0.2) is 6.10 Å². The summed E-state index contributed by atoms with van der Waals surface area (Å²) < 4.78 is 10.1. The van der Waals surface area contributed by atoms with Gasteiger partial charge in [-0.15, -0.1) is 0 Å². The molecule has 1 unspecified atom stereocenters. The molecule has 6 nitrogen and oxygen atoms in total. The number of carbonyl (C=O) groups excluding carboxylic acids is 1. The van der Waals surface area contributed by atoms with Gasteiger partial charge in [0.25, 0.3) is 0 Å². The van der Waals surface area contributed by atoms with Crippen molar-refractivity contribution in [3.63, 3.8) is 0 Å². The zero-order chi connectivity index (χ0) is 15.1. The second-order valence-corrected chi connectivity index (χ2v) is 4.09. The van der Waals surface area contributed by atoms with E-state index in [1.165, 1.54) is 13.0 Å². The monoisotopic (exact) mass is 279 g/mol. The summed E-state index contributed by atoms with van der Waals surface area (Å²) in [7, 11) is 0. The molecule has 20 heavy (non-hydrogen) atoms. The van der Waals surface area contributed by atoms with Crippen LogP contribution >= 0.6 is 0 Å². The summed E-state index contributed by atoms with van der Waals surface area (Å²) in [6, 6.07) is 4.93. The summed E-state index contributed by atoms with van der Waals surface area (Å²) in [5, 5.41) is 11.3. The Balaban J connectivity index is 2.77. The fourth-order valence-corrected chi connectivity index (χ4v) is 1.33. The van der Waals surface area contributed by atoms with Crippen molar-refractivity contribution in [3.05, 3.63) is 36.4 Å². The summed E-state index contributed by atoms with van der Waals surface area (Å²) in [4.78, 5) is 22.2. The Kier molecular flexibility index (Phi) is 5.58. The number of carboxylic acids is 1. The van der Waals surface area contributed by atoms with E-state index in [1.807, 2.05) is 0 Å². The molecular weight excluding hydrogens is 262 g/mol. The van der Waals surface area contributed by atoms with Crippen molar-refractivity contribution in [1.82, 2.24) is 0 Å². The molecule has 1 aromatic rings. The van der Waals surface area contributed by atoms with E-state index in [1.54, 1.807) is 25.1 Å². The van der Waals surface area contributed by atoms with Gasteiger partial charge in [0.05, 0.1) is 0 Å². The molecule has 0 aliphatic heterocycles. The SMILES string of the molecule is C=CCOC(=O)Nc1ccc(C)c(OC(C)C(=O)O)c1. The summed E-state index contributed by atoms with van der Waals surface area (Å²) >= 11 is 0. The van der Waals surface area contributed by atoms with Crippen LogP contribution in [0.2, 0.25) is 0 Å². The number of ether oxygens (including phenoxy) is 2. The first-order valence-corrected chi connectivity index (χ1v) is 5.99.